The fourth-order valence-electron chi connectivity index (χ4n) is 2.48. The van der Waals surface area contributed by atoms with Crippen LogP contribution in [0.3, 0.4) is 0 Å². The minimum Gasteiger partial charge on any atom is -0.294 e. The molecule has 1 rings (SSSR count). The van der Waals surface area contributed by atoms with Gasteiger partial charge in [0, 0.05) is 0 Å². The minimum absolute atomic E-state index is 0.227. The molecule has 1 aliphatic carbocycles. The molecule has 0 aromatic heterocycles. The largest absolute Gasteiger partial charge is 0.294 e. The Balaban J connectivity index is 2.94. The summed E-state index contributed by atoms with van der Waals surface area (Å²) in [6.45, 7) is 8.46. The maximum atomic E-state index is 12.2. The van der Waals surface area contributed by atoms with E-state index in [2.05, 4.69) is 26.8 Å². The zero-order valence-corrected chi connectivity index (χ0v) is 11.0. The summed E-state index contributed by atoms with van der Waals surface area (Å²) in [5.41, 5.74) is 1.13. The van der Waals surface area contributed by atoms with E-state index < -0.39 is 0 Å². The van der Waals surface area contributed by atoms with Gasteiger partial charge in [-0.25, -0.2) is 0 Å². The maximum Gasteiger partial charge on any atom is 0.165 e. The van der Waals surface area contributed by atoms with Gasteiger partial charge in [-0.15, -0.1) is 0 Å². The molecule has 0 aromatic carbocycles. The normalized spacial score (nSPS) is 26.2. The highest BCUT2D eigenvalue weighted by molar-refractivity contribution is 5.96. The first kappa shape index (κ1) is 13.2. The molecule has 0 amide bonds. The van der Waals surface area contributed by atoms with Crippen LogP contribution >= 0.6 is 0 Å². The molecule has 0 bridgehead atoms. The van der Waals surface area contributed by atoms with Crippen molar-refractivity contribution in [2.45, 2.75) is 53.4 Å². The summed E-state index contributed by atoms with van der Waals surface area (Å²) in [6, 6.07) is 0. The lowest BCUT2D eigenvalue weighted by Crippen LogP contribution is -2.31. The molecule has 1 aliphatic rings. The van der Waals surface area contributed by atoms with Crippen molar-refractivity contribution < 1.29 is 4.79 Å². The average Bonchev–Trinajstić information content (AvgIpc) is 2.21. The quantitative estimate of drug-likeness (QED) is 0.510. The highest BCUT2D eigenvalue weighted by atomic mass is 16.1. The van der Waals surface area contributed by atoms with E-state index in [1.165, 1.54) is 5.57 Å². The first-order valence-electron chi connectivity index (χ1n) is 6.37. The van der Waals surface area contributed by atoms with E-state index in [1.54, 1.807) is 6.08 Å². The molecule has 0 aliphatic heterocycles. The Morgan fingerprint density at radius 1 is 1.56 bits per heavy atom. The van der Waals surface area contributed by atoms with Crippen molar-refractivity contribution in [3.63, 3.8) is 0 Å². The van der Waals surface area contributed by atoms with E-state index in [0.29, 0.717) is 5.92 Å². The minimum atomic E-state index is -0.227. The van der Waals surface area contributed by atoms with Crippen molar-refractivity contribution in [1.82, 2.24) is 0 Å². The van der Waals surface area contributed by atoms with E-state index in [4.69, 9.17) is 0 Å². The van der Waals surface area contributed by atoms with Gasteiger partial charge in [0.2, 0.25) is 0 Å². The molecule has 0 saturated carbocycles. The van der Waals surface area contributed by atoms with Gasteiger partial charge in [-0.05, 0) is 51.5 Å². The molecule has 0 aromatic rings. The van der Waals surface area contributed by atoms with Crippen LogP contribution in [-0.2, 0) is 4.79 Å². The summed E-state index contributed by atoms with van der Waals surface area (Å²) in [7, 11) is 0. The highest BCUT2D eigenvalue weighted by Gasteiger charge is 2.36. The Hall–Kier alpha value is -0.850. The zero-order chi connectivity index (χ0) is 12.2. The number of carbonyl (C=O) groups is 1. The molecular weight excluding hydrogens is 196 g/mol. The Labute approximate surface area is 99.6 Å². The predicted molar refractivity (Wildman–Crippen MR) is 69.3 cm³/mol. The predicted octanol–water partition coefficient (Wildman–Crippen LogP) is 4.29. The van der Waals surface area contributed by atoms with Crippen LogP contribution in [0.5, 0.6) is 0 Å². The first-order valence-corrected chi connectivity index (χ1v) is 6.37. The molecule has 0 fully saturated rings. The van der Waals surface area contributed by atoms with Crippen molar-refractivity contribution in [3.05, 3.63) is 23.8 Å². The van der Waals surface area contributed by atoms with Gasteiger partial charge in [0.1, 0.15) is 0 Å². The smallest absolute Gasteiger partial charge is 0.165 e. The number of hydrogen-bond donors (Lipinski definition) is 0. The van der Waals surface area contributed by atoms with Crippen molar-refractivity contribution >= 4 is 5.78 Å². The van der Waals surface area contributed by atoms with Crippen LogP contribution in [0.2, 0.25) is 0 Å². The third-order valence-electron chi connectivity index (χ3n) is 3.47. The number of hydrogen-bond acceptors (Lipinski definition) is 1. The molecule has 0 spiro atoms. The number of ketones is 1. The zero-order valence-electron chi connectivity index (χ0n) is 11.0. The van der Waals surface area contributed by atoms with E-state index in [9.17, 15) is 4.79 Å². The lowest BCUT2D eigenvalue weighted by molar-refractivity contribution is -0.121. The van der Waals surface area contributed by atoms with Crippen LogP contribution in [0, 0.1) is 11.3 Å². The van der Waals surface area contributed by atoms with Crippen molar-refractivity contribution in [2.75, 3.05) is 0 Å². The molecular formula is C15H24O. The van der Waals surface area contributed by atoms with E-state index in [-0.39, 0.29) is 11.2 Å². The van der Waals surface area contributed by atoms with Gasteiger partial charge in [-0.1, -0.05) is 31.6 Å². The Morgan fingerprint density at radius 3 is 2.81 bits per heavy atom. The summed E-state index contributed by atoms with van der Waals surface area (Å²) in [5, 5.41) is 0. The van der Waals surface area contributed by atoms with Crippen molar-refractivity contribution in [1.29, 1.82) is 0 Å². The van der Waals surface area contributed by atoms with Crippen LogP contribution in [0.4, 0.5) is 0 Å². The van der Waals surface area contributed by atoms with Crippen LogP contribution < -0.4 is 0 Å². The fourth-order valence-corrected chi connectivity index (χ4v) is 2.48. The summed E-state index contributed by atoms with van der Waals surface area (Å²) < 4.78 is 0. The molecule has 1 atom stereocenters. The summed E-state index contributed by atoms with van der Waals surface area (Å²) in [6.07, 6.45) is 10.2. The van der Waals surface area contributed by atoms with Gasteiger partial charge in [0.15, 0.2) is 5.78 Å². The van der Waals surface area contributed by atoms with E-state index >= 15 is 0 Å². The highest BCUT2D eigenvalue weighted by Crippen LogP contribution is 2.41. The molecule has 1 heteroatoms. The van der Waals surface area contributed by atoms with E-state index in [1.807, 2.05) is 13.0 Å². The fraction of sp³-hybridized carbons (Fsp3) is 0.667. The number of rotatable bonds is 4. The molecule has 0 heterocycles. The van der Waals surface area contributed by atoms with Crippen LogP contribution in [0.1, 0.15) is 53.4 Å². The molecule has 1 nitrogen and oxygen atoms in total. The van der Waals surface area contributed by atoms with Crippen molar-refractivity contribution in [2.24, 2.45) is 11.3 Å². The molecule has 0 radical (unpaired) electrons. The van der Waals surface area contributed by atoms with E-state index in [0.717, 1.165) is 25.7 Å². The Kier molecular flexibility index (Phi) is 4.52. The third kappa shape index (κ3) is 2.84. The van der Waals surface area contributed by atoms with Gasteiger partial charge < -0.3 is 0 Å². The first-order chi connectivity index (χ1) is 7.50. The average molecular weight is 220 g/mol. The topological polar surface area (TPSA) is 17.1 Å². The van der Waals surface area contributed by atoms with Crippen LogP contribution in [0.15, 0.2) is 23.8 Å². The van der Waals surface area contributed by atoms with Gasteiger partial charge in [0.25, 0.3) is 0 Å². The third-order valence-corrected chi connectivity index (χ3v) is 3.47. The molecule has 90 valence electrons. The Morgan fingerprint density at radius 2 is 2.25 bits per heavy atom. The van der Waals surface area contributed by atoms with Gasteiger partial charge in [-0.3, -0.25) is 4.79 Å². The second kappa shape index (κ2) is 5.47. The molecule has 0 N–H and O–H groups in total. The monoisotopic (exact) mass is 220 g/mol. The van der Waals surface area contributed by atoms with Crippen molar-refractivity contribution in [3.8, 4) is 0 Å². The van der Waals surface area contributed by atoms with Gasteiger partial charge in [-0.2, -0.15) is 0 Å². The Bertz CT molecular complexity index is 309. The number of carbonyl (C=O) groups excluding carboxylic acids is 1. The molecule has 0 saturated heterocycles. The summed E-state index contributed by atoms with van der Waals surface area (Å²) in [5.74, 6) is 0.906. The number of allylic oxidation sites excluding steroid dienone is 4. The molecule has 0 unspecified atom stereocenters. The lowest BCUT2D eigenvalue weighted by atomic mass is 9.68. The van der Waals surface area contributed by atoms with Crippen LogP contribution in [0.25, 0.3) is 0 Å². The second-order valence-electron chi connectivity index (χ2n) is 5.42. The summed E-state index contributed by atoms with van der Waals surface area (Å²) in [4.78, 5) is 12.2. The van der Waals surface area contributed by atoms with Gasteiger partial charge >= 0.3 is 0 Å². The van der Waals surface area contributed by atoms with Crippen LogP contribution in [-0.4, -0.2) is 5.78 Å². The lowest BCUT2D eigenvalue weighted by Gasteiger charge is -2.34. The summed E-state index contributed by atoms with van der Waals surface area (Å²) >= 11 is 0. The van der Waals surface area contributed by atoms with Gasteiger partial charge in [0.05, 0.1) is 5.41 Å². The molecule has 16 heavy (non-hydrogen) atoms. The second-order valence-corrected chi connectivity index (χ2v) is 5.42. The SMILES string of the molecule is C/C=C/C(=O)[C@]1(C)CCCC=C1CC(C)C. The maximum absolute atomic E-state index is 12.2. The standard InChI is InChI=1S/C15H24O/c1-5-8-14(16)15(4)10-7-6-9-13(15)11-12(2)3/h5,8-9,12H,6-7,10-11H2,1-4H3/b8-5+/t15-/m1/s1.